The molecule has 0 bridgehead atoms. The molecule has 0 N–H and O–H groups in total. The summed E-state index contributed by atoms with van der Waals surface area (Å²) in [5.74, 6) is -0.437. The Hall–Kier alpha value is -5.14. The molecule has 0 saturated carbocycles. The van der Waals surface area contributed by atoms with Gasteiger partial charge in [0.2, 0.25) is 0 Å². The number of ether oxygens (including phenoxy) is 1. The summed E-state index contributed by atoms with van der Waals surface area (Å²) < 4.78 is 83.8. The minimum Gasteiger partial charge on any atom is -0.456 e. The van der Waals surface area contributed by atoms with Crippen LogP contribution in [0.5, 0.6) is 11.5 Å². The maximum Gasteiger partial charge on any atom is 0.135 e. The summed E-state index contributed by atoms with van der Waals surface area (Å²) in [6.07, 6.45) is 0. The first-order valence-electron chi connectivity index (χ1n) is 17.1. The van der Waals surface area contributed by atoms with E-state index in [2.05, 4.69) is 42.5 Å². The predicted molar refractivity (Wildman–Crippen MR) is 163 cm³/mol. The number of rotatable bonds is 3. The van der Waals surface area contributed by atoms with Gasteiger partial charge in [0.1, 0.15) is 11.5 Å². The van der Waals surface area contributed by atoms with E-state index in [-0.39, 0.29) is 57.1 Å². The van der Waals surface area contributed by atoms with Crippen molar-refractivity contribution in [1.82, 2.24) is 0 Å². The number of fused-ring (bicyclic) bond motifs is 3. The molecule has 0 saturated heterocycles. The molecule has 7 aromatic carbocycles. The maximum absolute atomic E-state index is 9.25. The lowest BCUT2D eigenvalue weighted by Crippen LogP contribution is -1.97. The van der Waals surface area contributed by atoms with E-state index < -0.39 is 36.3 Å². The highest BCUT2D eigenvalue weighted by molar-refractivity contribution is 6.04. The van der Waals surface area contributed by atoms with E-state index in [1.54, 1.807) is 12.1 Å². The molecule has 0 atom stereocenters. The standard InChI is InChI=1S/C38H24O/c1-2-10-32-28(6-1)7-3-11-33(32)29-20-18-26(19-21-29)25-14-16-27(17-15-25)31-22-23-36-35(24-31)34-12-4-8-30-9-5-13-37(39-36)38(30)34/h1-24H/i4D,5D,8D,9D,12D,13D,22D,23D,24D. The second-order valence-electron chi connectivity index (χ2n) is 9.44. The molecule has 0 unspecified atom stereocenters. The van der Waals surface area contributed by atoms with Gasteiger partial charge in [-0.15, -0.1) is 0 Å². The van der Waals surface area contributed by atoms with Crippen molar-refractivity contribution in [3.63, 3.8) is 0 Å². The molecule has 1 aliphatic rings. The molecule has 1 aliphatic heterocycles. The summed E-state index contributed by atoms with van der Waals surface area (Å²) in [6.45, 7) is 0. The summed E-state index contributed by atoms with van der Waals surface area (Å²) >= 11 is 0. The lowest BCUT2D eigenvalue weighted by atomic mass is 9.92. The Kier molecular flexibility index (Phi) is 3.29. The van der Waals surface area contributed by atoms with Crippen molar-refractivity contribution < 1.29 is 17.1 Å². The fourth-order valence-corrected chi connectivity index (χ4v) is 5.25. The molecule has 0 radical (unpaired) electrons. The van der Waals surface area contributed by atoms with Crippen LogP contribution < -0.4 is 4.74 Å². The Balaban J connectivity index is 1.24. The molecular weight excluding hydrogens is 472 g/mol. The highest BCUT2D eigenvalue weighted by Gasteiger charge is 2.20. The number of hydrogen-bond acceptors (Lipinski definition) is 1. The van der Waals surface area contributed by atoms with Gasteiger partial charge < -0.3 is 4.74 Å². The van der Waals surface area contributed by atoms with Gasteiger partial charge in [0.15, 0.2) is 0 Å². The van der Waals surface area contributed by atoms with Crippen molar-refractivity contribution in [2.24, 2.45) is 0 Å². The van der Waals surface area contributed by atoms with Gasteiger partial charge in [-0.1, -0.05) is 127 Å². The Bertz CT molecular complexity index is 2490. The van der Waals surface area contributed by atoms with Crippen LogP contribution in [0.3, 0.4) is 0 Å². The Morgan fingerprint density at radius 3 is 1.90 bits per heavy atom. The van der Waals surface area contributed by atoms with Gasteiger partial charge in [-0.05, 0) is 73.2 Å². The quantitative estimate of drug-likeness (QED) is 0.232. The zero-order valence-electron chi connectivity index (χ0n) is 29.6. The van der Waals surface area contributed by atoms with E-state index in [1.807, 2.05) is 36.4 Å². The van der Waals surface area contributed by atoms with Crippen LogP contribution in [0.1, 0.15) is 12.3 Å². The SMILES string of the molecule is [2H]c1c([2H])c(-c2ccc(-c3ccc(-c4cccc5ccccc45)cc3)cc2)c([2H])c2c1Oc1c([2H])c([2H])c([2H])c3c([2H])c([2H])c([2H])c-2c13. The van der Waals surface area contributed by atoms with E-state index in [0.717, 1.165) is 22.3 Å². The monoisotopic (exact) mass is 505 g/mol. The van der Waals surface area contributed by atoms with Crippen molar-refractivity contribution in [2.75, 3.05) is 0 Å². The third kappa shape index (κ3) is 3.63. The fourth-order valence-electron chi connectivity index (χ4n) is 5.25. The molecule has 182 valence electrons. The molecule has 0 aliphatic carbocycles. The van der Waals surface area contributed by atoms with E-state index in [9.17, 15) is 1.37 Å². The highest BCUT2D eigenvalue weighted by atomic mass is 16.5. The first kappa shape index (κ1) is 14.7. The topological polar surface area (TPSA) is 9.23 Å². The lowest BCUT2D eigenvalue weighted by Gasteiger charge is -2.22. The summed E-state index contributed by atoms with van der Waals surface area (Å²) in [7, 11) is 0. The zero-order chi connectivity index (χ0) is 33.6. The number of benzene rings is 7. The first-order chi connectivity index (χ1) is 23.1. The minimum atomic E-state index is -0.513. The molecular formula is C38H24O. The Morgan fingerprint density at radius 2 is 1.10 bits per heavy atom. The summed E-state index contributed by atoms with van der Waals surface area (Å²) in [5, 5.41) is 2.26. The summed E-state index contributed by atoms with van der Waals surface area (Å²) in [5.41, 5.74) is 4.75. The van der Waals surface area contributed by atoms with Crippen LogP contribution in [0.25, 0.3) is 66.1 Å². The average molecular weight is 506 g/mol. The van der Waals surface area contributed by atoms with Crippen LogP contribution in [0.15, 0.2) is 145 Å². The Morgan fingerprint density at radius 1 is 0.436 bits per heavy atom. The van der Waals surface area contributed by atoms with Gasteiger partial charge in [-0.3, -0.25) is 0 Å². The third-order valence-electron chi connectivity index (χ3n) is 7.19. The van der Waals surface area contributed by atoms with Gasteiger partial charge in [0, 0.05) is 10.9 Å². The van der Waals surface area contributed by atoms with Crippen molar-refractivity contribution in [3.05, 3.63) is 145 Å². The predicted octanol–water partition coefficient (Wildman–Crippen LogP) is 10.8. The summed E-state index contributed by atoms with van der Waals surface area (Å²) in [4.78, 5) is 0. The summed E-state index contributed by atoms with van der Waals surface area (Å²) in [6, 6.07) is 26.5. The molecule has 0 amide bonds. The highest BCUT2D eigenvalue weighted by Crippen LogP contribution is 2.47. The largest absolute Gasteiger partial charge is 0.456 e. The van der Waals surface area contributed by atoms with Crippen LogP contribution >= 0.6 is 0 Å². The molecule has 1 nitrogen and oxygen atoms in total. The van der Waals surface area contributed by atoms with E-state index >= 15 is 0 Å². The van der Waals surface area contributed by atoms with Crippen LogP contribution in [0, 0.1) is 0 Å². The van der Waals surface area contributed by atoms with E-state index in [4.69, 9.17) is 15.7 Å². The maximum atomic E-state index is 9.25. The van der Waals surface area contributed by atoms with E-state index in [0.29, 0.717) is 5.56 Å². The van der Waals surface area contributed by atoms with Gasteiger partial charge >= 0.3 is 0 Å². The fraction of sp³-hybridized carbons (Fsp3) is 0. The first-order valence-corrected chi connectivity index (χ1v) is 12.6. The van der Waals surface area contributed by atoms with Gasteiger partial charge in [0.25, 0.3) is 0 Å². The smallest absolute Gasteiger partial charge is 0.135 e. The van der Waals surface area contributed by atoms with Crippen LogP contribution in [0.2, 0.25) is 0 Å². The van der Waals surface area contributed by atoms with Crippen molar-refractivity contribution >= 4 is 21.5 Å². The molecule has 0 spiro atoms. The van der Waals surface area contributed by atoms with Crippen molar-refractivity contribution in [3.8, 4) is 56.0 Å². The molecule has 0 fully saturated rings. The Labute approximate surface area is 240 Å². The molecule has 8 rings (SSSR count). The van der Waals surface area contributed by atoms with Crippen LogP contribution in [-0.4, -0.2) is 0 Å². The minimum absolute atomic E-state index is 0.00750. The second kappa shape index (κ2) is 8.72. The normalized spacial score (nSPS) is 15.0. The average Bonchev–Trinajstić information content (AvgIpc) is 3.11. The zero-order valence-corrected chi connectivity index (χ0v) is 20.6. The second-order valence-corrected chi connectivity index (χ2v) is 9.44. The molecule has 39 heavy (non-hydrogen) atoms. The lowest BCUT2D eigenvalue weighted by molar-refractivity contribution is 0.487. The van der Waals surface area contributed by atoms with Crippen LogP contribution in [0.4, 0.5) is 0 Å². The molecule has 7 aromatic rings. The van der Waals surface area contributed by atoms with Gasteiger partial charge in [-0.2, -0.15) is 0 Å². The molecule has 1 heterocycles. The third-order valence-corrected chi connectivity index (χ3v) is 7.19. The van der Waals surface area contributed by atoms with Crippen molar-refractivity contribution in [2.45, 2.75) is 0 Å². The molecule has 1 heteroatoms. The van der Waals surface area contributed by atoms with Crippen molar-refractivity contribution in [1.29, 1.82) is 0 Å². The van der Waals surface area contributed by atoms with Gasteiger partial charge in [0.05, 0.1) is 12.3 Å². The van der Waals surface area contributed by atoms with Gasteiger partial charge in [-0.25, -0.2) is 0 Å². The van der Waals surface area contributed by atoms with E-state index in [1.165, 1.54) is 10.8 Å². The van der Waals surface area contributed by atoms with Crippen LogP contribution in [-0.2, 0) is 0 Å². The number of hydrogen-bond donors (Lipinski definition) is 0. The molecule has 0 aromatic heterocycles.